The van der Waals surface area contributed by atoms with E-state index in [1.165, 1.54) is 0 Å². The topological polar surface area (TPSA) is 56.7 Å². The Hall–Kier alpha value is -1.34. The van der Waals surface area contributed by atoms with Crippen LogP contribution in [0.1, 0.15) is 0 Å². The first-order valence-corrected chi connectivity index (χ1v) is 6.67. The van der Waals surface area contributed by atoms with Crippen LogP contribution in [0.4, 0.5) is 5.95 Å². The van der Waals surface area contributed by atoms with E-state index in [9.17, 15) is 0 Å². The molecule has 0 aliphatic rings. The van der Waals surface area contributed by atoms with E-state index in [0.717, 1.165) is 9.26 Å². The van der Waals surface area contributed by atoms with Crippen LogP contribution >= 0.6 is 34.2 Å². The fourth-order valence-corrected chi connectivity index (χ4v) is 2.61. The van der Waals surface area contributed by atoms with Crippen molar-refractivity contribution in [2.24, 2.45) is 0 Å². The normalized spacial score (nSPS) is 11.0. The van der Waals surface area contributed by atoms with Crippen molar-refractivity contribution in [3.05, 3.63) is 45.1 Å². The molecule has 3 aromatic rings. The molecule has 0 aliphatic carbocycles. The molecule has 6 heteroatoms. The van der Waals surface area contributed by atoms with Gasteiger partial charge in [0.15, 0.2) is 5.65 Å². The summed E-state index contributed by atoms with van der Waals surface area (Å²) in [7, 11) is 0. The molecule has 2 aromatic heterocycles. The maximum Gasteiger partial charge on any atom is 0.207 e. The highest BCUT2D eigenvalue weighted by Crippen LogP contribution is 2.26. The Balaban J connectivity index is 2.36. The summed E-state index contributed by atoms with van der Waals surface area (Å²) in [5.74, 6) is 0.406. The average Bonchev–Trinajstić information content (AvgIpc) is 2.65. The molecule has 0 bridgehead atoms. The Morgan fingerprint density at radius 1 is 1.28 bits per heavy atom. The number of rotatable bonds is 1. The Labute approximate surface area is 122 Å². The monoisotopic (exact) mass is 370 g/mol. The summed E-state index contributed by atoms with van der Waals surface area (Å²) < 4.78 is 2.91. The number of nitrogens with two attached hydrogens (primary N) is 1. The van der Waals surface area contributed by atoms with Gasteiger partial charge in [-0.15, -0.1) is 0 Å². The van der Waals surface area contributed by atoms with E-state index in [4.69, 9.17) is 17.3 Å². The predicted octanol–water partition coefficient (Wildman–Crippen LogP) is 3.26. The van der Waals surface area contributed by atoms with Crippen molar-refractivity contribution in [3.63, 3.8) is 0 Å². The molecule has 0 radical (unpaired) electrons. The SMILES string of the molecule is Nc1nc2cc(Cl)cnc2n1-c1ccccc1I. The molecule has 0 saturated heterocycles. The third-order valence-corrected chi connectivity index (χ3v) is 3.70. The van der Waals surface area contributed by atoms with Crippen LogP contribution in [0.2, 0.25) is 5.02 Å². The fraction of sp³-hybridized carbons (Fsp3) is 0. The molecule has 0 fully saturated rings. The van der Waals surface area contributed by atoms with Gasteiger partial charge in [0.2, 0.25) is 5.95 Å². The van der Waals surface area contributed by atoms with Gasteiger partial charge in [0.1, 0.15) is 5.52 Å². The second-order valence-corrected chi connectivity index (χ2v) is 5.35. The molecule has 4 nitrogen and oxygen atoms in total. The number of imidazole rings is 1. The van der Waals surface area contributed by atoms with Crippen LogP contribution in [0.15, 0.2) is 36.5 Å². The van der Waals surface area contributed by atoms with Crippen LogP contribution in [0.5, 0.6) is 0 Å². The number of para-hydroxylation sites is 1. The summed E-state index contributed by atoms with van der Waals surface area (Å²) in [6.45, 7) is 0. The first-order chi connectivity index (χ1) is 8.66. The first kappa shape index (κ1) is 11.7. The van der Waals surface area contributed by atoms with E-state index in [2.05, 4.69) is 32.6 Å². The van der Waals surface area contributed by atoms with E-state index < -0.39 is 0 Å². The van der Waals surface area contributed by atoms with Gasteiger partial charge in [0, 0.05) is 9.77 Å². The number of benzene rings is 1. The van der Waals surface area contributed by atoms with Gasteiger partial charge in [-0.2, -0.15) is 0 Å². The molecule has 1 aromatic carbocycles. The lowest BCUT2D eigenvalue weighted by molar-refractivity contribution is 1.08. The van der Waals surface area contributed by atoms with Gasteiger partial charge in [-0.3, -0.25) is 4.57 Å². The maximum absolute atomic E-state index is 5.97. The quantitative estimate of drug-likeness (QED) is 0.669. The summed E-state index contributed by atoms with van der Waals surface area (Å²) >= 11 is 8.16. The van der Waals surface area contributed by atoms with Crippen molar-refractivity contribution in [2.75, 3.05) is 5.73 Å². The summed E-state index contributed by atoms with van der Waals surface area (Å²) in [5, 5.41) is 0.551. The van der Waals surface area contributed by atoms with Gasteiger partial charge >= 0.3 is 0 Å². The van der Waals surface area contributed by atoms with E-state index in [-0.39, 0.29) is 0 Å². The third kappa shape index (κ3) is 1.83. The van der Waals surface area contributed by atoms with Crippen molar-refractivity contribution < 1.29 is 0 Å². The van der Waals surface area contributed by atoms with Crippen molar-refractivity contribution in [1.29, 1.82) is 0 Å². The molecule has 0 unspecified atom stereocenters. The van der Waals surface area contributed by atoms with Crippen molar-refractivity contribution in [3.8, 4) is 5.69 Å². The average molecular weight is 371 g/mol. The Bertz CT molecular complexity index is 738. The zero-order chi connectivity index (χ0) is 12.7. The highest BCUT2D eigenvalue weighted by atomic mass is 127. The summed E-state index contributed by atoms with van der Waals surface area (Å²) in [6.07, 6.45) is 1.59. The number of pyridine rings is 1. The molecule has 0 aliphatic heterocycles. The molecule has 2 heterocycles. The van der Waals surface area contributed by atoms with Gasteiger partial charge in [-0.25, -0.2) is 9.97 Å². The highest BCUT2D eigenvalue weighted by molar-refractivity contribution is 14.1. The predicted molar refractivity (Wildman–Crippen MR) is 81.0 cm³/mol. The number of anilines is 1. The Kier molecular flexibility index (Phi) is 2.87. The summed E-state index contributed by atoms with van der Waals surface area (Å²) in [4.78, 5) is 8.59. The number of fused-ring (bicyclic) bond motifs is 1. The lowest BCUT2D eigenvalue weighted by Gasteiger charge is -2.07. The number of nitrogens with zero attached hydrogens (tertiary/aromatic N) is 3. The van der Waals surface area contributed by atoms with Crippen LogP contribution in [-0.2, 0) is 0 Å². The summed E-state index contributed by atoms with van der Waals surface area (Å²) in [6, 6.07) is 9.68. The van der Waals surface area contributed by atoms with E-state index in [1.54, 1.807) is 12.3 Å². The van der Waals surface area contributed by atoms with Gasteiger partial charge in [-0.1, -0.05) is 23.7 Å². The lowest BCUT2D eigenvalue weighted by Crippen LogP contribution is -2.03. The molecule has 0 saturated carbocycles. The third-order valence-electron chi connectivity index (χ3n) is 2.58. The van der Waals surface area contributed by atoms with Crippen molar-refractivity contribution >= 4 is 51.3 Å². The molecule has 0 atom stereocenters. The molecule has 3 rings (SSSR count). The van der Waals surface area contributed by atoms with Crippen LogP contribution in [0.3, 0.4) is 0 Å². The number of hydrogen-bond acceptors (Lipinski definition) is 3. The highest BCUT2D eigenvalue weighted by Gasteiger charge is 2.13. The number of nitrogen functional groups attached to an aromatic ring is 1. The zero-order valence-corrected chi connectivity index (χ0v) is 12.1. The minimum atomic E-state index is 0.406. The molecule has 2 N–H and O–H groups in total. The minimum Gasteiger partial charge on any atom is -0.369 e. The molecule has 0 spiro atoms. The molecular formula is C12H8ClIN4. The Morgan fingerprint density at radius 2 is 2.06 bits per heavy atom. The largest absolute Gasteiger partial charge is 0.369 e. The van der Waals surface area contributed by atoms with Gasteiger partial charge in [0.05, 0.1) is 10.7 Å². The number of halogens is 2. The van der Waals surface area contributed by atoms with Crippen LogP contribution in [0.25, 0.3) is 16.9 Å². The van der Waals surface area contributed by atoms with Gasteiger partial charge in [0.25, 0.3) is 0 Å². The molecular weight excluding hydrogens is 363 g/mol. The maximum atomic E-state index is 5.97. The zero-order valence-electron chi connectivity index (χ0n) is 9.14. The Morgan fingerprint density at radius 3 is 2.83 bits per heavy atom. The van der Waals surface area contributed by atoms with Gasteiger partial charge < -0.3 is 5.73 Å². The van der Waals surface area contributed by atoms with Crippen molar-refractivity contribution in [2.45, 2.75) is 0 Å². The smallest absolute Gasteiger partial charge is 0.207 e. The summed E-state index contributed by atoms with van der Waals surface area (Å²) in [5.41, 5.74) is 8.34. The second-order valence-electron chi connectivity index (χ2n) is 3.75. The van der Waals surface area contributed by atoms with E-state index in [0.29, 0.717) is 22.1 Å². The fourth-order valence-electron chi connectivity index (χ4n) is 1.83. The lowest BCUT2D eigenvalue weighted by atomic mass is 10.3. The first-order valence-electron chi connectivity index (χ1n) is 5.21. The van der Waals surface area contributed by atoms with Crippen LogP contribution < -0.4 is 5.73 Å². The molecule has 90 valence electrons. The minimum absolute atomic E-state index is 0.406. The molecule has 18 heavy (non-hydrogen) atoms. The van der Waals surface area contributed by atoms with Gasteiger partial charge in [-0.05, 0) is 40.8 Å². The number of hydrogen-bond donors (Lipinski definition) is 1. The van der Waals surface area contributed by atoms with E-state index >= 15 is 0 Å². The van der Waals surface area contributed by atoms with E-state index in [1.807, 2.05) is 28.8 Å². The standard InChI is InChI=1S/C12H8ClIN4/c13-7-5-9-11(16-6-7)18(12(15)17-9)10-4-2-1-3-8(10)14/h1-6H,(H2,15,17). The number of aromatic nitrogens is 3. The van der Waals surface area contributed by atoms with Crippen LogP contribution in [-0.4, -0.2) is 14.5 Å². The second kappa shape index (κ2) is 4.40. The van der Waals surface area contributed by atoms with Crippen LogP contribution in [0, 0.1) is 3.57 Å². The molecule has 0 amide bonds. The van der Waals surface area contributed by atoms with Crippen molar-refractivity contribution in [1.82, 2.24) is 14.5 Å².